The van der Waals surface area contributed by atoms with Gasteiger partial charge in [-0.25, -0.2) is 4.68 Å². The molecule has 188 valence electrons. The molecule has 0 aliphatic rings. The summed E-state index contributed by atoms with van der Waals surface area (Å²) in [4.78, 5) is 29.3. The number of carbonyl (C=O) groups is 2. The van der Waals surface area contributed by atoms with E-state index in [0.29, 0.717) is 35.2 Å². The summed E-state index contributed by atoms with van der Waals surface area (Å²) in [6, 6.07) is 15.9. The van der Waals surface area contributed by atoms with Gasteiger partial charge in [-0.2, -0.15) is 0 Å². The minimum Gasteiger partial charge on any atom is -0.464 e. The molecule has 4 aromatic rings. The lowest BCUT2D eigenvalue weighted by atomic mass is 10.0. The van der Waals surface area contributed by atoms with Crippen molar-refractivity contribution >= 4 is 28.5 Å². The third-order valence-corrected chi connectivity index (χ3v) is 6.16. The highest BCUT2D eigenvalue weighted by Gasteiger charge is 2.36. The van der Waals surface area contributed by atoms with Gasteiger partial charge >= 0.3 is 0 Å². The fourth-order valence-corrected chi connectivity index (χ4v) is 4.19. The van der Waals surface area contributed by atoms with Crippen LogP contribution >= 0.6 is 0 Å². The number of furan rings is 1. The molecule has 4 rings (SSSR count). The lowest BCUT2D eigenvalue weighted by molar-refractivity contribution is -0.127. The molecule has 1 atom stereocenters. The molecular weight excluding hydrogens is 454 g/mol. The van der Waals surface area contributed by atoms with Crippen molar-refractivity contribution < 1.29 is 14.0 Å². The Morgan fingerprint density at radius 2 is 1.83 bits per heavy atom. The molecule has 0 fully saturated rings. The van der Waals surface area contributed by atoms with Crippen molar-refractivity contribution in [1.29, 1.82) is 0 Å². The summed E-state index contributed by atoms with van der Waals surface area (Å²) >= 11 is 0. The predicted molar refractivity (Wildman–Crippen MR) is 140 cm³/mol. The van der Waals surface area contributed by atoms with Gasteiger partial charge in [0.15, 0.2) is 6.04 Å². The third kappa shape index (κ3) is 5.48. The van der Waals surface area contributed by atoms with Crippen LogP contribution in [0.25, 0.3) is 11.0 Å². The Labute approximate surface area is 211 Å². The normalized spacial score (nSPS) is 12.2. The highest BCUT2D eigenvalue weighted by Crippen LogP contribution is 2.32. The molecule has 0 saturated heterocycles. The number of amides is 2. The second kappa shape index (κ2) is 10.8. The summed E-state index contributed by atoms with van der Waals surface area (Å²) in [6.07, 6.45) is 0.831. The van der Waals surface area contributed by atoms with E-state index >= 15 is 0 Å². The molecule has 0 aliphatic carbocycles. The van der Waals surface area contributed by atoms with Gasteiger partial charge in [-0.05, 0) is 74.6 Å². The average Bonchev–Trinajstić information content (AvgIpc) is 3.45. The van der Waals surface area contributed by atoms with Crippen molar-refractivity contribution in [3.05, 3.63) is 77.2 Å². The first kappa shape index (κ1) is 25.2. The fourth-order valence-electron chi connectivity index (χ4n) is 4.19. The number of hydrogen-bond donors (Lipinski definition) is 1. The number of fused-ring (bicyclic) bond motifs is 1. The minimum absolute atomic E-state index is 0.0800. The Morgan fingerprint density at radius 1 is 1.06 bits per heavy atom. The molecule has 2 amide bonds. The molecule has 8 heteroatoms. The molecule has 2 aromatic carbocycles. The summed E-state index contributed by atoms with van der Waals surface area (Å²) in [5, 5.41) is 11.4. The molecule has 2 heterocycles. The average molecular weight is 488 g/mol. The Kier molecular flexibility index (Phi) is 7.52. The van der Waals surface area contributed by atoms with Crippen LogP contribution in [0.4, 0.5) is 5.69 Å². The quantitative estimate of drug-likeness (QED) is 0.363. The highest BCUT2D eigenvalue weighted by atomic mass is 16.3. The second-order valence-corrected chi connectivity index (χ2v) is 9.61. The Balaban J connectivity index is 1.78. The molecule has 2 aromatic heterocycles. The van der Waals surface area contributed by atoms with E-state index in [2.05, 4.69) is 29.5 Å². The van der Waals surface area contributed by atoms with E-state index < -0.39 is 6.04 Å². The first-order chi connectivity index (χ1) is 17.2. The van der Waals surface area contributed by atoms with Crippen molar-refractivity contribution in [3.8, 4) is 0 Å². The summed E-state index contributed by atoms with van der Waals surface area (Å²) in [7, 11) is 0. The largest absolute Gasteiger partial charge is 0.464 e. The fraction of sp³-hybridized carbons (Fsp3) is 0.357. The van der Waals surface area contributed by atoms with Gasteiger partial charge in [-0.3, -0.25) is 14.5 Å². The van der Waals surface area contributed by atoms with Crippen molar-refractivity contribution in [2.75, 3.05) is 11.4 Å². The van der Waals surface area contributed by atoms with Crippen molar-refractivity contribution in [3.63, 3.8) is 0 Å². The Bertz CT molecular complexity index is 1370. The van der Waals surface area contributed by atoms with Gasteiger partial charge in [0.25, 0.3) is 5.91 Å². The van der Waals surface area contributed by atoms with Crippen LogP contribution in [-0.2, 0) is 16.1 Å². The number of anilines is 1. The van der Waals surface area contributed by atoms with Crippen LogP contribution in [0.3, 0.4) is 0 Å². The van der Waals surface area contributed by atoms with E-state index in [0.717, 1.165) is 23.1 Å². The van der Waals surface area contributed by atoms with E-state index in [1.807, 2.05) is 63.2 Å². The SMILES string of the molecule is Cc1ccc(C)c(N(C(=O)Cn2nnc3ccccc32)[C@H](C(=O)NCCC(C)C)c2ccc(C)o2)c1. The molecule has 0 bridgehead atoms. The van der Waals surface area contributed by atoms with E-state index in [1.54, 1.807) is 21.7 Å². The maximum Gasteiger partial charge on any atom is 0.251 e. The van der Waals surface area contributed by atoms with Crippen molar-refractivity contribution in [1.82, 2.24) is 20.3 Å². The van der Waals surface area contributed by atoms with Gasteiger partial charge in [-0.1, -0.05) is 43.3 Å². The molecule has 0 aliphatic heterocycles. The van der Waals surface area contributed by atoms with Crippen LogP contribution in [0.1, 0.15) is 49.0 Å². The number of carbonyl (C=O) groups excluding carboxylic acids is 2. The minimum atomic E-state index is -0.978. The number of aromatic nitrogens is 3. The van der Waals surface area contributed by atoms with Crippen LogP contribution in [0, 0.1) is 26.7 Å². The van der Waals surface area contributed by atoms with Crippen LogP contribution in [0.2, 0.25) is 0 Å². The van der Waals surface area contributed by atoms with Gasteiger partial charge in [0, 0.05) is 12.2 Å². The van der Waals surface area contributed by atoms with Crippen LogP contribution in [-0.4, -0.2) is 33.4 Å². The lowest BCUT2D eigenvalue weighted by Gasteiger charge is -2.31. The molecule has 0 saturated carbocycles. The number of nitrogens with one attached hydrogen (secondary N) is 1. The zero-order valence-corrected chi connectivity index (χ0v) is 21.5. The molecule has 0 radical (unpaired) electrons. The Hall–Kier alpha value is -3.94. The number of nitrogens with zero attached hydrogens (tertiary/aromatic N) is 4. The van der Waals surface area contributed by atoms with Crippen LogP contribution in [0.5, 0.6) is 0 Å². The monoisotopic (exact) mass is 487 g/mol. The smallest absolute Gasteiger partial charge is 0.251 e. The molecule has 36 heavy (non-hydrogen) atoms. The third-order valence-electron chi connectivity index (χ3n) is 6.16. The van der Waals surface area contributed by atoms with E-state index in [9.17, 15) is 9.59 Å². The van der Waals surface area contributed by atoms with Gasteiger partial charge < -0.3 is 9.73 Å². The molecule has 8 nitrogen and oxygen atoms in total. The first-order valence-electron chi connectivity index (χ1n) is 12.3. The lowest BCUT2D eigenvalue weighted by Crippen LogP contribution is -2.45. The first-order valence-corrected chi connectivity index (χ1v) is 12.3. The maximum atomic E-state index is 14.0. The summed E-state index contributed by atoms with van der Waals surface area (Å²) < 4.78 is 7.50. The molecule has 1 N–H and O–H groups in total. The number of hydrogen-bond acceptors (Lipinski definition) is 5. The van der Waals surface area contributed by atoms with E-state index in [1.165, 1.54) is 0 Å². The van der Waals surface area contributed by atoms with Gasteiger partial charge in [0.1, 0.15) is 23.6 Å². The van der Waals surface area contributed by atoms with Crippen LogP contribution < -0.4 is 10.2 Å². The van der Waals surface area contributed by atoms with Crippen LogP contribution in [0.15, 0.2) is 59.0 Å². The summed E-state index contributed by atoms with van der Waals surface area (Å²) in [6.45, 7) is 10.4. The summed E-state index contributed by atoms with van der Waals surface area (Å²) in [5.74, 6) is 0.931. The highest BCUT2D eigenvalue weighted by molar-refractivity contribution is 6.01. The molecular formula is C28H33N5O3. The standard InChI is InChI=1S/C28H33N5O3/c1-18(2)14-15-29-28(35)27(25-13-12-21(5)36-25)33(24-16-19(3)10-11-20(24)4)26(34)17-32-23-9-7-6-8-22(23)30-31-32/h6-13,16,18,27H,14-15,17H2,1-5H3,(H,29,35)/t27-/m0/s1. The zero-order valence-electron chi connectivity index (χ0n) is 21.5. The van der Waals surface area contributed by atoms with Gasteiger partial charge in [0.05, 0.1) is 5.52 Å². The maximum absolute atomic E-state index is 14.0. The van der Waals surface area contributed by atoms with E-state index in [4.69, 9.17) is 4.42 Å². The van der Waals surface area contributed by atoms with Crippen molar-refractivity contribution in [2.45, 2.75) is 53.6 Å². The zero-order chi connectivity index (χ0) is 25.8. The molecule has 0 spiro atoms. The Morgan fingerprint density at radius 3 is 2.56 bits per heavy atom. The van der Waals surface area contributed by atoms with Gasteiger partial charge in [0.2, 0.25) is 5.91 Å². The van der Waals surface area contributed by atoms with E-state index in [-0.39, 0.29) is 18.4 Å². The number of para-hydroxylation sites is 1. The topological polar surface area (TPSA) is 93.3 Å². The number of benzene rings is 2. The van der Waals surface area contributed by atoms with Gasteiger partial charge in [-0.15, -0.1) is 5.10 Å². The van der Waals surface area contributed by atoms with Crippen molar-refractivity contribution in [2.24, 2.45) is 5.92 Å². The molecule has 0 unspecified atom stereocenters. The summed E-state index contributed by atoms with van der Waals surface area (Å²) in [5.41, 5.74) is 3.96. The predicted octanol–water partition coefficient (Wildman–Crippen LogP) is 4.89. The number of rotatable bonds is 9. The number of aryl methyl sites for hydroxylation is 3. The second-order valence-electron chi connectivity index (χ2n) is 9.61.